The molecule has 0 N–H and O–H groups in total. The van der Waals surface area contributed by atoms with Crippen molar-refractivity contribution in [2.24, 2.45) is 5.92 Å². The Morgan fingerprint density at radius 1 is 1.42 bits per heavy atom. The van der Waals surface area contributed by atoms with Gasteiger partial charge < -0.3 is 9.80 Å². The summed E-state index contributed by atoms with van der Waals surface area (Å²) in [5, 5.41) is 0. The zero-order valence-electron chi connectivity index (χ0n) is 11.8. The number of benzene rings is 1. The molecule has 0 bridgehead atoms. The minimum absolute atomic E-state index is 0.121. The van der Waals surface area contributed by atoms with Gasteiger partial charge >= 0.3 is 0 Å². The zero-order chi connectivity index (χ0) is 14.0. The smallest absolute Gasteiger partial charge is 0.253 e. The molecular weight excluding hydrogens is 260 g/mol. The number of alkyl halides is 1. The fourth-order valence-electron chi connectivity index (χ4n) is 2.62. The van der Waals surface area contributed by atoms with Gasteiger partial charge in [0.1, 0.15) is 0 Å². The van der Waals surface area contributed by atoms with Crippen molar-refractivity contribution in [1.29, 1.82) is 0 Å². The van der Waals surface area contributed by atoms with Gasteiger partial charge in [-0.1, -0.05) is 6.07 Å². The number of rotatable bonds is 3. The second kappa shape index (κ2) is 5.83. The molecule has 3 nitrogen and oxygen atoms in total. The van der Waals surface area contributed by atoms with Crippen LogP contribution in [-0.2, 0) is 6.42 Å². The standard InChI is InChI=1S/C15H21ClN2O/c1-17(2)13-5-4-12-8-11(6-7-16)10-18(3)15(19)14(12)9-13/h4-5,9,11H,6-8,10H2,1-3H3. The van der Waals surface area contributed by atoms with Crippen molar-refractivity contribution < 1.29 is 4.79 Å². The van der Waals surface area contributed by atoms with Crippen LogP contribution in [0.4, 0.5) is 5.69 Å². The Bertz CT molecular complexity index is 473. The highest BCUT2D eigenvalue weighted by Crippen LogP contribution is 2.26. The summed E-state index contributed by atoms with van der Waals surface area (Å²) in [7, 11) is 5.85. The van der Waals surface area contributed by atoms with Crippen LogP contribution in [0.3, 0.4) is 0 Å². The average Bonchev–Trinajstić information content (AvgIpc) is 2.48. The summed E-state index contributed by atoms with van der Waals surface area (Å²) in [6.45, 7) is 0.789. The molecule has 1 aromatic carbocycles. The Morgan fingerprint density at radius 2 is 2.16 bits per heavy atom. The first-order valence-corrected chi connectivity index (χ1v) is 7.18. The fourth-order valence-corrected chi connectivity index (χ4v) is 2.93. The second-order valence-electron chi connectivity index (χ2n) is 5.47. The quantitative estimate of drug-likeness (QED) is 0.795. The van der Waals surface area contributed by atoms with E-state index in [0.29, 0.717) is 11.8 Å². The number of nitrogens with zero attached hydrogens (tertiary/aromatic N) is 2. The van der Waals surface area contributed by atoms with E-state index in [1.807, 2.05) is 37.0 Å². The third-order valence-corrected chi connectivity index (χ3v) is 3.96. The Hall–Kier alpha value is -1.22. The molecule has 0 saturated carbocycles. The van der Waals surface area contributed by atoms with Crippen LogP contribution in [0.25, 0.3) is 0 Å². The minimum atomic E-state index is 0.121. The predicted molar refractivity (Wildman–Crippen MR) is 80.3 cm³/mol. The number of carbonyl (C=O) groups is 1. The predicted octanol–water partition coefficient (Wildman–Crippen LogP) is 2.63. The van der Waals surface area contributed by atoms with E-state index in [1.54, 1.807) is 0 Å². The largest absolute Gasteiger partial charge is 0.378 e. The summed E-state index contributed by atoms with van der Waals surface area (Å²) in [6.07, 6.45) is 1.89. The molecular formula is C15H21ClN2O. The van der Waals surface area contributed by atoms with Gasteiger partial charge in [-0.25, -0.2) is 0 Å². The minimum Gasteiger partial charge on any atom is -0.378 e. The molecule has 0 saturated heterocycles. The lowest BCUT2D eigenvalue weighted by Gasteiger charge is -2.19. The monoisotopic (exact) mass is 280 g/mol. The third-order valence-electron chi connectivity index (χ3n) is 3.74. The molecule has 1 heterocycles. The lowest BCUT2D eigenvalue weighted by Crippen LogP contribution is -2.30. The number of fused-ring (bicyclic) bond motifs is 1. The molecule has 0 aliphatic carbocycles. The first-order valence-electron chi connectivity index (χ1n) is 6.64. The summed E-state index contributed by atoms with van der Waals surface area (Å²) < 4.78 is 0. The number of amides is 1. The van der Waals surface area contributed by atoms with Crippen molar-refractivity contribution >= 4 is 23.2 Å². The number of anilines is 1. The van der Waals surface area contributed by atoms with Crippen LogP contribution in [0.1, 0.15) is 22.3 Å². The Labute approximate surface area is 120 Å². The molecule has 0 aromatic heterocycles. The Kier molecular flexibility index (Phi) is 4.35. The number of halogens is 1. The molecule has 1 aliphatic heterocycles. The van der Waals surface area contributed by atoms with Crippen LogP contribution in [0, 0.1) is 5.92 Å². The average molecular weight is 281 g/mol. The lowest BCUT2D eigenvalue weighted by molar-refractivity contribution is 0.0782. The van der Waals surface area contributed by atoms with Crippen LogP contribution in [0.15, 0.2) is 18.2 Å². The van der Waals surface area contributed by atoms with Gasteiger partial charge in [0.25, 0.3) is 5.91 Å². The third kappa shape index (κ3) is 3.03. The van der Waals surface area contributed by atoms with Crippen LogP contribution in [-0.4, -0.2) is 44.4 Å². The summed E-state index contributed by atoms with van der Waals surface area (Å²) in [4.78, 5) is 16.3. The van der Waals surface area contributed by atoms with E-state index in [9.17, 15) is 4.79 Å². The SMILES string of the molecule is CN1CC(CCCl)Cc2ccc(N(C)C)cc2C1=O. The van der Waals surface area contributed by atoms with Crippen LogP contribution >= 0.6 is 11.6 Å². The van der Waals surface area contributed by atoms with E-state index in [-0.39, 0.29) is 5.91 Å². The highest BCUT2D eigenvalue weighted by Gasteiger charge is 2.25. The van der Waals surface area contributed by atoms with Crippen LogP contribution in [0.2, 0.25) is 0 Å². The van der Waals surface area contributed by atoms with Gasteiger partial charge in [0.2, 0.25) is 0 Å². The zero-order valence-corrected chi connectivity index (χ0v) is 12.6. The first kappa shape index (κ1) is 14.2. The van der Waals surface area contributed by atoms with Crippen molar-refractivity contribution in [3.05, 3.63) is 29.3 Å². The number of hydrogen-bond donors (Lipinski definition) is 0. The fraction of sp³-hybridized carbons (Fsp3) is 0.533. The Morgan fingerprint density at radius 3 is 2.79 bits per heavy atom. The van der Waals surface area contributed by atoms with E-state index in [0.717, 1.165) is 36.2 Å². The van der Waals surface area contributed by atoms with E-state index in [1.165, 1.54) is 0 Å². The topological polar surface area (TPSA) is 23.6 Å². The van der Waals surface area contributed by atoms with Gasteiger partial charge in [0, 0.05) is 44.8 Å². The molecule has 1 amide bonds. The highest BCUT2D eigenvalue weighted by molar-refractivity contribution is 6.17. The van der Waals surface area contributed by atoms with Gasteiger partial charge in [-0.3, -0.25) is 4.79 Å². The van der Waals surface area contributed by atoms with E-state index >= 15 is 0 Å². The van der Waals surface area contributed by atoms with Crippen molar-refractivity contribution in [3.63, 3.8) is 0 Å². The normalized spacial score (nSPS) is 19.1. The van der Waals surface area contributed by atoms with Gasteiger partial charge in [0.05, 0.1) is 0 Å². The van der Waals surface area contributed by atoms with Crippen molar-refractivity contribution in [2.45, 2.75) is 12.8 Å². The summed E-state index contributed by atoms with van der Waals surface area (Å²) in [5.74, 6) is 1.23. The van der Waals surface area contributed by atoms with Gasteiger partial charge in [-0.05, 0) is 36.5 Å². The summed E-state index contributed by atoms with van der Waals surface area (Å²) >= 11 is 5.86. The lowest BCUT2D eigenvalue weighted by atomic mass is 9.95. The van der Waals surface area contributed by atoms with Crippen molar-refractivity contribution in [2.75, 3.05) is 38.5 Å². The first-order chi connectivity index (χ1) is 9.02. The molecule has 2 rings (SSSR count). The maximum Gasteiger partial charge on any atom is 0.253 e. The summed E-state index contributed by atoms with van der Waals surface area (Å²) in [5.41, 5.74) is 3.05. The molecule has 1 aliphatic rings. The van der Waals surface area contributed by atoms with Gasteiger partial charge in [0.15, 0.2) is 0 Å². The Balaban J connectivity index is 2.38. The van der Waals surface area contributed by atoms with E-state index in [4.69, 9.17) is 11.6 Å². The van der Waals surface area contributed by atoms with Gasteiger partial charge in [-0.2, -0.15) is 0 Å². The molecule has 0 spiro atoms. The molecule has 1 unspecified atom stereocenters. The number of carbonyl (C=O) groups excluding carboxylic acids is 1. The van der Waals surface area contributed by atoms with E-state index in [2.05, 4.69) is 12.1 Å². The molecule has 1 aromatic rings. The highest BCUT2D eigenvalue weighted by atomic mass is 35.5. The molecule has 4 heteroatoms. The number of hydrogen-bond acceptors (Lipinski definition) is 2. The van der Waals surface area contributed by atoms with Crippen LogP contribution < -0.4 is 4.90 Å². The molecule has 0 fully saturated rings. The molecule has 104 valence electrons. The van der Waals surface area contributed by atoms with Crippen molar-refractivity contribution in [3.8, 4) is 0 Å². The second-order valence-corrected chi connectivity index (χ2v) is 5.85. The van der Waals surface area contributed by atoms with E-state index < -0.39 is 0 Å². The molecule has 19 heavy (non-hydrogen) atoms. The van der Waals surface area contributed by atoms with Gasteiger partial charge in [-0.15, -0.1) is 11.6 Å². The van der Waals surface area contributed by atoms with Crippen molar-refractivity contribution in [1.82, 2.24) is 4.90 Å². The summed E-state index contributed by atoms with van der Waals surface area (Å²) in [6, 6.07) is 6.16. The molecule has 1 atom stereocenters. The molecule has 0 radical (unpaired) electrons. The van der Waals surface area contributed by atoms with Crippen LogP contribution in [0.5, 0.6) is 0 Å². The maximum atomic E-state index is 12.4. The maximum absolute atomic E-state index is 12.4.